The minimum atomic E-state index is -0.707. The molecule has 0 atom stereocenters. The highest BCUT2D eigenvalue weighted by molar-refractivity contribution is 14.1. The van der Waals surface area contributed by atoms with E-state index in [1.807, 2.05) is 19.9 Å². The smallest absolute Gasteiger partial charge is 0.332 e. The largest absolute Gasteiger partial charge is 0.490 e. The van der Waals surface area contributed by atoms with Crippen molar-refractivity contribution in [2.75, 3.05) is 13.2 Å². The van der Waals surface area contributed by atoms with Crippen LogP contribution in [0, 0.1) is 3.57 Å². The molecule has 0 spiro atoms. The molecule has 0 radical (unpaired) electrons. The second-order valence-corrected chi connectivity index (χ2v) is 4.59. The number of hydrogen-bond acceptors (Lipinski definition) is 4. The van der Waals surface area contributed by atoms with E-state index in [0.29, 0.717) is 24.7 Å². The number of rotatable bonds is 6. The van der Waals surface area contributed by atoms with Gasteiger partial charge in [-0.25, -0.2) is 10.2 Å². The summed E-state index contributed by atoms with van der Waals surface area (Å²) >= 11 is 2.16. The van der Waals surface area contributed by atoms with Crippen LogP contribution in [-0.4, -0.2) is 25.5 Å². The number of hydrogen-bond donors (Lipinski definition) is 2. The number of primary amides is 1. The number of nitrogens with two attached hydrogens (primary N) is 1. The highest BCUT2D eigenvalue weighted by Gasteiger charge is 2.11. The van der Waals surface area contributed by atoms with Gasteiger partial charge in [-0.15, -0.1) is 0 Å². The molecule has 0 fully saturated rings. The first-order chi connectivity index (χ1) is 9.08. The van der Waals surface area contributed by atoms with E-state index in [1.165, 1.54) is 6.21 Å². The summed E-state index contributed by atoms with van der Waals surface area (Å²) in [5.41, 5.74) is 7.84. The zero-order valence-electron chi connectivity index (χ0n) is 10.8. The molecule has 0 saturated carbocycles. The first-order valence-electron chi connectivity index (χ1n) is 5.76. The number of hydrazone groups is 1. The lowest BCUT2D eigenvalue weighted by Crippen LogP contribution is -2.24. The number of ether oxygens (including phenoxy) is 2. The van der Waals surface area contributed by atoms with Crippen LogP contribution in [0.25, 0.3) is 0 Å². The van der Waals surface area contributed by atoms with Gasteiger partial charge < -0.3 is 15.2 Å². The Morgan fingerprint density at radius 3 is 2.68 bits per heavy atom. The van der Waals surface area contributed by atoms with Gasteiger partial charge in [-0.05, 0) is 54.1 Å². The molecule has 1 aromatic rings. The van der Waals surface area contributed by atoms with Gasteiger partial charge in [0.1, 0.15) is 0 Å². The van der Waals surface area contributed by atoms with Gasteiger partial charge in [0.25, 0.3) is 0 Å². The van der Waals surface area contributed by atoms with Crippen LogP contribution in [0.5, 0.6) is 11.5 Å². The van der Waals surface area contributed by atoms with Crippen LogP contribution in [0.15, 0.2) is 17.2 Å². The molecular weight excluding hydrogens is 361 g/mol. The third kappa shape index (κ3) is 4.93. The van der Waals surface area contributed by atoms with Gasteiger partial charge in [-0.3, -0.25) is 0 Å². The van der Waals surface area contributed by atoms with Crippen LogP contribution >= 0.6 is 22.6 Å². The van der Waals surface area contributed by atoms with Crippen LogP contribution < -0.4 is 20.6 Å². The summed E-state index contributed by atoms with van der Waals surface area (Å²) in [6.45, 7) is 4.92. The predicted molar refractivity (Wildman–Crippen MR) is 81.8 cm³/mol. The predicted octanol–water partition coefficient (Wildman–Crippen LogP) is 2.09. The molecule has 0 aliphatic heterocycles. The molecule has 7 heteroatoms. The first kappa shape index (κ1) is 15.5. The van der Waals surface area contributed by atoms with Crippen molar-refractivity contribution < 1.29 is 14.3 Å². The minimum absolute atomic E-state index is 0.538. The number of halogens is 1. The van der Waals surface area contributed by atoms with E-state index < -0.39 is 6.03 Å². The Morgan fingerprint density at radius 1 is 1.42 bits per heavy atom. The molecule has 104 valence electrons. The molecule has 3 N–H and O–H groups in total. The summed E-state index contributed by atoms with van der Waals surface area (Å²) in [6, 6.07) is 2.96. The number of carbonyl (C=O) groups excluding carboxylic acids is 1. The molecule has 0 bridgehead atoms. The summed E-state index contributed by atoms with van der Waals surface area (Å²) in [5, 5.41) is 3.71. The van der Waals surface area contributed by atoms with Crippen molar-refractivity contribution in [1.82, 2.24) is 5.43 Å². The quantitative estimate of drug-likeness (QED) is 0.452. The molecule has 0 heterocycles. The lowest BCUT2D eigenvalue weighted by molar-refractivity contribution is 0.249. The minimum Gasteiger partial charge on any atom is -0.490 e. The van der Waals surface area contributed by atoms with E-state index in [9.17, 15) is 4.79 Å². The standard InChI is InChI=1S/C12H16IN3O3/c1-3-18-10-6-8(7-15-16-12(14)17)5-9(13)11(10)19-4-2/h5-7H,3-4H2,1-2H3,(H3,14,16,17)/b15-7-. The SMILES string of the molecule is CCOc1cc(/C=N\NC(N)=O)cc(I)c1OCC. The second-order valence-electron chi connectivity index (χ2n) is 3.43. The van der Waals surface area contributed by atoms with Crippen molar-refractivity contribution >= 4 is 34.8 Å². The zero-order chi connectivity index (χ0) is 14.3. The monoisotopic (exact) mass is 377 g/mol. The fraction of sp³-hybridized carbons (Fsp3) is 0.333. The lowest BCUT2D eigenvalue weighted by atomic mass is 10.2. The molecule has 19 heavy (non-hydrogen) atoms. The third-order valence-corrected chi connectivity index (χ3v) is 2.81. The summed E-state index contributed by atoms with van der Waals surface area (Å²) in [5.74, 6) is 1.36. The number of amides is 2. The third-order valence-electron chi connectivity index (χ3n) is 2.01. The Morgan fingerprint density at radius 2 is 2.11 bits per heavy atom. The van der Waals surface area contributed by atoms with Crippen molar-refractivity contribution in [3.8, 4) is 11.5 Å². The average molecular weight is 377 g/mol. The average Bonchev–Trinajstić information content (AvgIpc) is 2.33. The van der Waals surface area contributed by atoms with Crippen molar-refractivity contribution in [2.24, 2.45) is 10.8 Å². The normalized spacial score (nSPS) is 10.5. The number of benzene rings is 1. The molecular formula is C12H16IN3O3. The Balaban J connectivity index is 3.01. The van der Waals surface area contributed by atoms with Crippen molar-refractivity contribution in [2.45, 2.75) is 13.8 Å². The van der Waals surface area contributed by atoms with E-state index >= 15 is 0 Å². The zero-order valence-corrected chi connectivity index (χ0v) is 12.9. The van der Waals surface area contributed by atoms with Crippen molar-refractivity contribution in [3.05, 3.63) is 21.3 Å². The second kappa shape index (κ2) is 7.82. The number of carbonyl (C=O) groups is 1. The molecule has 1 rings (SSSR count). The molecule has 0 aromatic heterocycles. The summed E-state index contributed by atoms with van der Waals surface area (Å²) in [4.78, 5) is 10.5. The highest BCUT2D eigenvalue weighted by Crippen LogP contribution is 2.33. The van der Waals surface area contributed by atoms with Gasteiger partial charge in [0.15, 0.2) is 11.5 Å². The van der Waals surface area contributed by atoms with Crippen molar-refractivity contribution in [3.63, 3.8) is 0 Å². The van der Waals surface area contributed by atoms with E-state index in [4.69, 9.17) is 15.2 Å². The molecule has 0 unspecified atom stereocenters. The van der Waals surface area contributed by atoms with E-state index in [2.05, 4.69) is 33.1 Å². The van der Waals surface area contributed by atoms with Crippen LogP contribution in [-0.2, 0) is 0 Å². The maximum atomic E-state index is 10.5. The van der Waals surface area contributed by atoms with Gasteiger partial charge in [-0.1, -0.05) is 0 Å². The summed E-state index contributed by atoms with van der Waals surface area (Å²) in [7, 11) is 0. The first-order valence-corrected chi connectivity index (χ1v) is 6.84. The topological polar surface area (TPSA) is 85.9 Å². The van der Waals surface area contributed by atoms with E-state index in [0.717, 1.165) is 9.13 Å². The fourth-order valence-electron chi connectivity index (χ4n) is 1.38. The molecule has 0 saturated heterocycles. The molecule has 1 aromatic carbocycles. The van der Waals surface area contributed by atoms with Gasteiger partial charge in [-0.2, -0.15) is 5.10 Å². The van der Waals surface area contributed by atoms with Crippen LogP contribution in [0.1, 0.15) is 19.4 Å². The maximum absolute atomic E-state index is 10.5. The van der Waals surface area contributed by atoms with Gasteiger partial charge >= 0.3 is 6.03 Å². The Hall–Kier alpha value is -1.51. The summed E-state index contributed by atoms with van der Waals surface area (Å²) < 4.78 is 12.0. The van der Waals surface area contributed by atoms with Crippen molar-refractivity contribution in [1.29, 1.82) is 0 Å². The van der Waals surface area contributed by atoms with Gasteiger partial charge in [0, 0.05) is 0 Å². The fourth-order valence-corrected chi connectivity index (χ4v) is 2.16. The molecule has 0 aliphatic carbocycles. The Labute approximate surface area is 125 Å². The maximum Gasteiger partial charge on any atom is 0.332 e. The van der Waals surface area contributed by atoms with Crippen LogP contribution in [0.4, 0.5) is 4.79 Å². The molecule has 6 nitrogen and oxygen atoms in total. The van der Waals surface area contributed by atoms with Crippen LogP contribution in [0.3, 0.4) is 0 Å². The summed E-state index contributed by atoms with van der Waals surface area (Å²) in [6.07, 6.45) is 1.49. The van der Waals surface area contributed by atoms with E-state index in [1.54, 1.807) is 6.07 Å². The molecule has 2 amide bonds. The molecule has 0 aliphatic rings. The van der Waals surface area contributed by atoms with Gasteiger partial charge in [0.05, 0.1) is 23.0 Å². The number of nitrogens with zero attached hydrogens (tertiary/aromatic N) is 1. The lowest BCUT2D eigenvalue weighted by Gasteiger charge is -2.13. The Kier molecular flexibility index (Phi) is 6.40. The van der Waals surface area contributed by atoms with E-state index in [-0.39, 0.29) is 0 Å². The highest BCUT2D eigenvalue weighted by atomic mass is 127. The van der Waals surface area contributed by atoms with Gasteiger partial charge in [0.2, 0.25) is 0 Å². The number of urea groups is 1. The number of nitrogens with one attached hydrogen (secondary N) is 1. The Bertz CT molecular complexity index is 478. The van der Waals surface area contributed by atoms with Crippen LogP contribution in [0.2, 0.25) is 0 Å².